The zero-order valence-electron chi connectivity index (χ0n) is 7.01. The van der Waals surface area contributed by atoms with Crippen LogP contribution in [0.3, 0.4) is 0 Å². The molecule has 1 aromatic heterocycles. The van der Waals surface area contributed by atoms with Crippen molar-refractivity contribution in [1.29, 1.82) is 0 Å². The molecule has 62 valence electrons. The fourth-order valence-corrected chi connectivity index (χ4v) is 1.16. The Bertz CT molecular complexity index is 283. The molecule has 0 N–H and O–H groups in total. The molecule has 0 fully saturated rings. The molecule has 3 heteroatoms. The van der Waals surface area contributed by atoms with Gasteiger partial charge in [0.05, 0.1) is 0 Å². The molecule has 0 spiro atoms. The number of hydrogen-bond donors (Lipinski definition) is 0. The monoisotopic (exact) mass is 172 g/mol. The highest BCUT2D eigenvalue weighted by Gasteiger charge is 2.07. The fourth-order valence-electron chi connectivity index (χ4n) is 0.931. The molecule has 11 heavy (non-hydrogen) atoms. The van der Waals surface area contributed by atoms with E-state index >= 15 is 0 Å². The number of hydrogen-bond acceptors (Lipinski definition) is 3. The van der Waals surface area contributed by atoms with Crippen LogP contribution in [-0.2, 0) is 6.42 Å². The molecule has 0 atom stereocenters. The quantitative estimate of drug-likeness (QED) is 0.641. The molecule has 0 aliphatic carbocycles. The third-order valence-electron chi connectivity index (χ3n) is 1.43. The molecule has 0 amide bonds. The summed E-state index contributed by atoms with van der Waals surface area (Å²) in [6.07, 6.45) is 0.895. The fraction of sp³-hybridized carbons (Fsp3) is 0.625. The minimum Gasteiger partial charge on any atom is -0.419 e. The lowest BCUT2D eigenvalue weighted by atomic mass is 10.1. The van der Waals surface area contributed by atoms with Gasteiger partial charge in [-0.2, -0.15) is 0 Å². The molecule has 1 rings (SSSR count). The van der Waals surface area contributed by atoms with E-state index in [2.05, 4.69) is 13.8 Å². The first kappa shape index (κ1) is 8.53. The van der Waals surface area contributed by atoms with Gasteiger partial charge in [0.25, 0.3) is 0 Å². The van der Waals surface area contributed by atoms with E-state index in [4.69, 9.17) is 21.1 Å². The van der Waals surface area contributed by atoms with Crippen LogP contribution >= 0.6 is 12.2 Å². The largest absolute Gasteiger partial charge is 0.419 e. The molecule has 0 radical (unpaired) electrons. The van der Waals surface area contributed by atoms with Gasteiger partial charge in [0.1, 0.15) is 11.5 Å². The second-order valence-electron chi connectivity index (χ2n) is 3.03. The van der Waals surface area contributed by atoms with Crippen molar-refractivity contribution in [1.82, 2.24) is 0 Å². The Hall–Kier alpha value is -0.570. The molecule has 0 aliphatic rings. The van der Waals surface area contributed by atoms with Crippen molar-refractivity contribution in [2.24, 2.45) is 5.92 Å². The summed E-state index contributed by atoms with van der Waals surface area (Å²) in [4.78, 5) is 0.234. The van der Waals surface area contributed by atoms with E-state index in [1.807, 2.05) is 6.92 Å². The van der Waals surface area contributed by atoms with Gasteiger partial charge < -0.3 is 8.83 Å². The van der Waals surface area contributed by atoms with E-state index in [-0.39, 0.29) is 4.90 Å². The second-order valence-corrected chi connectivity index (χ2v) is 3.36. The van der Waals surface area contributed by atoms with E-state index in [1.54, 1.807) is 0 Å². The molecule has 2 nitrogen and oxygen atoms in total. The van der Waals surface area contributed by atoms with Crippen molar-refractivity contribution in [3.8, 4) is 0 Å². The van der Waals surface area contributed by atoms with Gasteiger partial charge in [0.2, 0.25) is 0 Å². The van der Waals surface area contributed by atoms with Crippen LogP contribution in [0.4, 0.5) is 0 Å². The Morgan fingerprint density at radius 3 is 2.36 bits per heavy atom. The third-order valence-corrected chi connectivity index (χ3v) is 1.60. The highest BCUT2D eigenvalue weighted by atomic mass is 32.1. The average Bonchev–Trinajstić information content (AvgIpc) is 2.09. The molecule has 0 unspecified atom stereocenters. The summed E-state index contributed by atoms with van der Waals surface area (Å²) in [5.74, 6) is 2.26. The zero-order valence-corrected chi connectivity index (χ0v) is 7.83. The molecule has 0 saturated carbocycles. The topological polar surface area (TPSA) is 26.3 Å². The third kappa shape index (κ3) is 2.19. The van der Waals surface area contributed by atoms with Crippen molar-refractivity contribution in [3.05, 3.63) is 16.4 Å². The lowest BCUT2D eigenvalue weighted by Crippen LogP contribution is -1.93. The highest BCUT2D eigenvalue weighted by Crippen LogP contribution is 2.15. The minimum absolute atomic E-state index is 0.234. The van der Waals surface area contributed by atoms with Gasteiger partial charge in [-0.1, -0.05) is 13.8 Å². The Morgan fingerprint density at radius 2 is 2.00 bits per heavy atom. The lowest BCUT2D eigenvalue weighted by molar-refractivity contribution is 0.394. The van der Waals surface area contributed by atoms with Crippen molar-refractivity contribution in [3.63, 3.8) is 0 Å². The van der Waals surface area contributed by atoms with E-state index < -0.39 is 0 Å². The highest BCUT2D eigenvalue weighted by molar-refractivity contribution is 7.71. The maximum absolute atomic E-state index is 5.17. The van der Waals surface area contributed by atoms with Crippen LogP contribution in [0.2, 0.25) is 0 Å². The number of rotatable bonds is 2. The van der Waals surface area contributed by atoms with E-state index in [9.17, 15) is 0 Å². The van der Waals surface area contributed by atoms with Crippen molar-refractivity contribution < 1.29 is 8.83 Å². The summed E-state index contributed by atoms with van der Waals surface area (Å²) < 4.78 is 10.2. The smallest absolute Gasteiger partial charge is 0.363 e. The van der Waals surface area contributed by atoms with Gasteiger partial charge in [0.15, 0.2) is 0 Å². The van der Waals surface area contributed by atoms with Crippen LogP contribution in [0, 0.1) is 17.7 Å². The van der Waals surface area contributed by atoms with Gasteiger partial charge in [0, 0.05) is 18.6 Å². The standard InChI is InChI=1S/C8H12O2S/c1-5(2)4-7-6(3)9-8(11)10-7/h5H,4H2,1-3H3. The maximum atomic E-state index is 5.17. The molecule has 0 saturated heterocycles. The van der Waals surface area contributed by atoms with Crippen molar-refractivity contribution in [2.45, 2.75) is 27.2 Å². The normalized spacial score (nSPS) is 10.9. The van der Waals surface area contributed by atoms with Gasteiger partial charge in [-0.05, 0) is 12.8 Å². The summed E-state index contributed by atoms with van der Waals surface area (Å²) in [6.45, 7) is 6.13. The lowest BCUT2D eigenvalue weighted by Gasteiger charge is -1.98. The molecule has 1 aromatic rings. The predicted molar refractivity (Wildman–Crippen MR) is 45.1 cm³/mol. The summed E-state index contributed by atoms with van der Waals surface area (Å²) in [5.41, 5.74) is 0. The van der Waals surface area contributed by atoms with Crippen LogP contribution in [-0.4, -0.2) is 0 Å². The first-order valence-corrected chi connectivity index (χ1v) is 4.10. The predicted octanol–water partition coefficient (Wildman–Crippen LogP) is 3.11. The molecule has 0 bridgehead atoms. The maximum Gasteiger partial charge on any atom is 0.363 e. The average molecular weight is 172 g/mol. The Labute approximate surface area is 71.2 Å². The van der Waals surface area contributed by atoms with Gasteiger partial charge in [-0.25, -0.2) is 0 Å². The Kier molecular flexibility index (Phi) is 2.49. The van der Waals surface area contributed by atoms with Gasteiger partial charge in [-0.15, -0.1) is 0 Å². The van der Waals surface area contributed by atoms with Crippen LogP contribution in [0.5, 0.6) is 0 Å². The van der Waals surface area contributed by atoms with Crippen LogP contribution < -0.4 is 0 Å². The summed E-state index contributed by atoms with van der Waals surface area (Å²) >= 11 is 4.74. The molecule has 0 aromatic carbocycles. The molecule has 1 heterocycles. The van der Waals surface area contributed by atoms with Crippen molar-refractivity contribution in [2.75, 3.05) is 0 Å². The Balaban J connectivity index is 2.86. The minimum atomic E-state index is 0.234. The molecular formula is C8H12O2S. The summed E-state index contributed by atoms with van der Waals surface area (Å²) in [6, 6.07) is 0. The van der Waals surface area contributed by atoms with Crippen LogP contribution in [0.1, 0.15) is 25.4 Å². The Morgan fingerprint density at radius 1 is 1.36 bits per heavy atom. The van der Waals surface area contributed by atoms with E-state index in [0.29, 0.717) is 5.92 Å². The number of aryl methyl sites for hydroxylation is 1. The molecule has 0 aliphatic heterocycles. The van der Waals surface area contributed by atoms with E-state index in [0.717, 1.165) is 17.9 Å². The van der Waals surface area contributed by atoms with Crippen molar-refractivity contribution >= 4 is 12.2 Å². The van der Waals surface area contributed by atoms with Gasteiger partial charge in [-0.3, -0.25) is 0 Å². The molecular weight excluding hydrogens is 160 g/mol. The first-order chi connectivity index (χ1) is 5.09. The van der Waals surface area contributed by atoms with Crippen LogP contribution in [0.25, 0.3) is 0 Å². The summed E-state index contributed by atoms with van der Waals surface area (Å²) in [7, 11) is 0. The summed E-state index contributed by atoms with van der Waals surface area (Å²) in [5, 5.41) is 0. The first-order valence-electron chi connectivity index (χ1n) is 3.69. The van der Waals surface area contributed by atoms with Gasteiger partial charge >= 0.3 is 4.90 Å². The van der Waals surface area contributed by atoms with E-state index in [1.165, 1.54) is 0 Å². The SMILES string of the molecule is Cc1oc(=S)oc1CC(C)C. The zero-order chi connectivity index (χ0) is 8.43. The van der Waals surface area contributed by atoms with Crippen LogP contribution in [0.15, 0.2) is 8.83 Å². The second kappa shape index (κ2) is 3.22.